The molecule has 2 atom stereocenters. The Morgan fingerprint density at radius 3 is 2.44 bits per heavy atom. The summed E-state index contributed by atoms with van der Waals surface area (Å²) in [4.78, 5) is 21.5. The van der Waals surface area contributed by atoms with E-state index in [2.05, 4.69) is 18.9 Å². The molecular weight excluding hydrogens is 354 g/mol. The molecule has 25 heavy (non-hydrogen) atoms. The van der Waals surface area contributed by atoms with E-state index in [9.17, 15) is 4.79 Å². The van der Waals surface area contributed by atoms with Gasteiger partial charge in [-0.1, -0.05) is 49.2 Å². The van der Waals surface area contributed by atoms with Crippen LogP contribution in [0.25, 0.3) is 0 Å². The molecule has 1 aromatic carbocycles. The summed E-state index contributed by atoms with van der Waals surface area (Å²) >= 11 is 1.80. The van der Waals surface area contributed by atoms with E-state index in [1.54, 1.807) is 18.7 Å². The lowest BCUT2D eigenvalue weighted by Gasteiger charge is -2.35. The van der Waals surface area contributed by atoms with Crippen LogP contribution in [-0.2, 0) is 4.79 Å². The van der Waals surface area contributed by atoms with E-state index in [0.29, 0.717) is 11.3 Å². The van der Waals surface area contributed by atoms with Gasteiger partial charge < -0.3 is 4.90 Å². The summed E-state index contributed by atoms with van der Waals surface area (Å²) in [5.74, 6) is 0.0735. The van der Waals surface area contributed by atoms with Gasteiger partial charge in [0.25, 0.3) is 0 Å². The number of hydrogen-bond acceptors (Lipinski definition) is 3. The molecule has 1 amide bonds. The number of carbonyl (C=O) groups excluding carboxylic acids is 1. The number of aliphatic imine (C=N–C) groups is 1. The first-order valence-electron chi connectivity index (χ1n) is 8.90. The molecule has 1 saturated heterocycles. The average molecular weight is 382 g/mol. The van der Waals surface area contributed by atoms with Gasteiger partial charge in [-0.05, 0) is 31.9 Å². The highest BCUT2D eigenvalue weighted by Crippen LogP contribution is 2.36. The molecule has 2 fully saturated rings. The van der Waals surface area contributed by atoms with E-state index in [1.807, 2.05) is 35.2 Å². The van der Waals surface area contributed by atoms with E-state index >= 15 is 0 Å². The van der Waals surface area contributed by atoms with Gasteiger partial charge in [0.15, 0.2) is 5.17 Å². The van der Waals surface area contributed by atoms with Crippen LogP contribution in [0.2, 0.25) is 0 Å². The van der Waals surface area contributed by atoms with Crippen molar-refractivity contribution >= 4 is 40.9 Å². The molecule has 0 aromatic heterocycles. The van der Waals surface area contributed by atoms with E-state index in [4.69, 9.17) is 4.99 Å². The number of carbonyl (C=O) groups is 1. The van der Waals surface area contributed by atoms with Gasteiger partial charge in [-0.25, -0.2) is 0 Å². The van der Waals surface area contributed by atoms with Crippen LogP contribution in [0.5, 0.6) is 0 Å². The molecule has 2 aliphatic rings. The molecule has 3 rings (SSSR count). The van der Waals surface area contributed by atoms with Gasteiger partial charge >= 0.3 is 0 Å². The summed E-state index contributed by atoms with van der Waals surface area (Å²) in [5.41, 5.74) is 0.952. The lowest BCUT2D eigenvalue weighted by Crippen LogP contribution is -2.50. The van der Waals surface area contributed by atoms with Gasteiger partial charge in [-0.3, -0.25) is 14.7 Å². The van der Waals surface area contributed by atoms with E-state index in [1.165, 1.54) is 32.1 Å². The zero-order valence-electron chi connectivity index (χ0n) is 15.2. The number of thioether (sulfide) groups is 1. The Morgan fingerprint density at radius 1 is 1.20 bits per heavy atom. The summed E-state index contributed by atoms with van der Waals surface area (Å²) in [6, 6.07) is 10.4. The van der Waals surface area contributed by atoms with Crippen molar-refractivity contribution in [1.29, 1.82) is 0 Å². The van der Waals surface area contributed by atoms with Crippen molar-refractivity contribution < 1.29 is 4.79 Å². The molecule has 1 heterocycles. The molecule has 2 unspecified atom stereocenters. The van der Waals surface area contributed by atoms with E-state index < -0.39 is 0 Å². The third-order valence-electron chi connectivity index (χ3n) is 4.92. The maximum absolute atomic E-state index is 12.4. The van der Waals surface area contributed by atoms with Crippen molar-refractivity contribution in [3.8, 4) is 0 Å². The Labute approximate surface area is 161 Å². The number of halogens is 1. The third kappa shape index (κ3) is 4.50. The Bertz CT molecular complexity index is 604. The zero-order chi connectivity index (χ0) is 17.1. The minimum absolute atomic E-state index is 0. The number of rotatable bonds is 3. The monoisotopic (exact) mass is 381 g/mol. The smallest absolute Gasteiger partial charge is 0.225 e. The fourth-order valence-corrected chi connectivity index (χ4v) is 4.96. The molecule has 6 heteroatoms. The molecule has 0 bridgehead atoms. The van der Waals surface area contributed by atoms with Crippen LogP contribution in [0, 0.1) is 0 Å². The summed E-state index contributed by atoms with van der Waals surface area (Å²) in [6.07, 6.45) is 6.34. The third-order valence-corrected chi connectivity index (χ3v) is 6.13. The van der Waals surface area contributed by atoms with E-state index in [0.717, 1.165) is 10.9 Å². The van der Waals surface area contributed by atoms with Crippen LogP contribution < -0.4 is 4.90 Å². The van der Waals surface area contributed by atoms with Gasteiger partial charge in [-0.15, -0.1) is 12.4 Å². The second-order valence-corrected chi connectivity index (χ2v) is 8.12. The first kappa shape index (κ1) is 20.1. The molecule has 138 valence electrons. The molecule has 1 aliphatic heterocycles. The molecule has 0 radical (unpaired) electrons. The van der Waals surface area contributed by atoms with E-state index in [-0.39, 0.29) is 24.5 Å². The minimum atomic E-state index is 0. The van der Waals surface area contributed by atoms with Crippen LogP contribution in [0.4, 0.5) is 5.69 Å². The Balaban J connectivity index is 0.00000225. The average Bonchev–Trinajstić information content (AvgIpc) is 2.85. The highest BCUT2D eigenvalue weighted by molar-refractivity contribution is 8.14. The number of amides is 1. The number of para-hydroxylation sites is 1. The van der Waals surface area contributed by atoms with Gasteiger partial charge in [-0.2, -0.15) is 0 Å². The highest BCUT2D eigenvalue weighted by atomic mass is 35.5. The lowest BCUT2D eigenvalue weighted by atomic mass is 9.96. The minimum Gasteiger partial charge on any atom is -0.333 e. The van der Waals surface area contributed by atoms with Crippen LogP contribution in [0.3, 0.4) is 0 Å². The van der Waals surface area contributed by atoms with Gasteiger partial charge in [0.1, 0.15) is 6.17 Å². The topological polar surface area (TPSA) is 35.9 Å². The standard InChI is InChI=1S/C19H27N3OS.ClH/c1-14-18(22(15(2)23)17-12-8-5-9-13-17)21(3)19(24-14)20-16-10-6-4-7-11-16;/h5,8-9,12-14,16,18H,4,6-7,10-11H2,1-3H3;1H. The van der Waals surface area contributed by atoms with Crippen LogP contribution >= 0.6 is 24.2 Å². The molecule has 0 spiro atoms. The number of benzene rings is 1. The Morgan fingerprint density at radius 2 is 1.84 bits per heavy atom. The molecule has 1 saturated carbocycles. The van der Waals surface area contributed by atoms with Crippen LogP contribution in [0.1, 0.15) is 46.0 Å². The Hall–Kier alpha value is -1.20. The van der Waals surface area contributed by atoms with Crippen molar-refractivity contribution in [2.24, 2.45) is 4.99 Å². The van der Waals surface area contributed by atoms with Crippen molar-refractivity contribution in [3.63, 3.8) is 0 Å². The number of nitrogens with zero attached hydrogens (tertiary/aromatic N) is 3. The maximum Gasteiger partial charge on any atom is 0.225 e. The van der Waals surface area contributed by atoms with Crippen LogP contribution in [0.15, 0.2) is 35.3 Å². The van der Waals surface area contributed by atoms with Gasteiger partial charge in [0.2, 0.25) is 5.91 Å². The predicted octanol–water partition coefficient (Wildman–Crippen LogP) is 4.54. The highest BCUT2D eigenvalue weighted by Gasteiger charge is 2.40. The first-order chi connectivity index (χ1) is 11.6. The summed E-state index contributed by atoms with van der Waals surface area (Å²) in [5, 5.41) is 1.38. The molecule has 1 aromatic rings. The predicted molar refractivity (Wildman–Crippen MR) is 110 cm³/mol. The SMILES string of the molecule is CC(=O)N(c1ccccc1)C1C(C)SC(=NC2CCCCC2)N1C.Cl. The fourth-order valence-electron chi connectivity index (χ4n) is 3.72. The second kappa shape index (κ2) is 8.95. The van der Waals surface area contributed by atoms with Gasteiger partial charge in [0.05, 0.1) is 6.04 Å². The van der Waals surface area contributed by atoms with Crippen molar-refractivity contribution in [1.82, 2.24) is 4.90 Å². The fraction of sp³-hybridized carbons (Fsp3) is 0.579. The Kier molecular flexibility index (Phi) is 7.20. The first-order valence-corrected chi connectivity index (χ1v) is 9.78. The number of anilines is 1. The van der Waals surface area contributed by atoms with Crippen molar-refractivity contribution in [3.05, 3.63) is 30.3 Å². The lowest BCUT2D eigenvalue weighted by molar-refractivity contribution is -0.117. The molecule has 1 aliphatic carbocycles. The molecule has 0 N–H and O–H groups in total. The van der Waals surface area contributed by atoms with Crippen molar-refractivity contribution in [2.45, 2.75) is 63.4 Å². The molecule has 4 nitrogen and oxygen atoms in total. The summed E-state index contributed by atoms with van der Waals surface area (Å²) < 4.78 is 0. The quantitative estimate of drug-likeness (QED) is 0.770. The van der Waals surface area contributed by atoms with Crippen molar-refractivity contribution in [2.75, 3.05) is 11.9 Å². The van der Waals surface area contributed by atoms with Crippen LogP contribution in [-0.4, -0.2) is 40.5 Å². The van der Waals surface area contributed by atoms with Gasteiger partial charge in [0, 0.05) is 24.9 Å². The number of amidine groups is 1. The second-order valence-electron chi connectivity index (χ2n) is 6.78. The summed E-state index contributed by atoms with van der Waals surface area (Å²) in [7, 11) is 2.07. The largest absolute Gasteiger partial charge is 0.333 e. The normalized spacial score (nSPS) is 25.7. The zero-order valence-corrected chi connectivity index (χ0v) is 16.9. The maximum atomic E-state index is 12.4. The molecular formula is C19H28ClN3OS. The summed E-state index contributed by atoms with van der Waals surface area (Å²) in [6.45, 7) is 3.84. The number of hydrogen-bond donors (Lipinski definition) is 0.